The van der Waals surface area contributed by atoms with Gasteiger partial charge in [0.1, 0.15) is 5.82 Å². The second-order valence-electron chi connectivity index (χ2n) is 7.86. The molecule has 1 fully saturated rings. The van der Waals surface area contributed by atoms with Gasteiger partial charge in [0.2, 0.25) is 5.91 Å². The van der Waals surface area contributed by atoms with Crippen molar-refractivity contribution in [1.29, 1.82) is 0 Å². The van der Waals surface area contributed by atoms with Crippen molar-refractivity contribution >= 4 is 11.9 Å². The van der Waals surface area contributed by atoms with Gasteiger partial charge in [0, 0.05) is 39.0 Å². The van der Waals surface area contributed by atoms with E-state index in [-0.39, 0.29) is 24.8 Å². The van der Waals surface area contributed by atoms with Crippen LogP contribution in [0.5, 0.6) is 0 Å². The van der Waals surface area contributed by atoms with Gasteiger partial charge in [0.25, 0.3) is 0 Å². The summed E-state index contributed by atoms with van der Waals surface area (Å²) in [4.78, 5) is 27.5. The van der Waals surface area contributed by atoms with Crippen LogP contribution in [0.3, 0.4) is 0 Å². The lowest BCUT2D eigenvalue weighted by Crippen LogP contribution is -2.52. The van der Waals surface area contributed by atoms with Crippen LogP contribution in [-0.2, 0) is 9.59 Å². The number of rotatable bonds is 6. The molecule has 7 nitrogen and oxygen atoms in total. The van der Waals surface area contributed by atoms with Crippen LogP contribution < -0.4 is 11.1 Å². The van der Waals surface area contributed by atoms with Crippen LogP contribution in [0.15, 0.2) is 47.4 Å². The van der Waals surface area contributed by atoms with Crippen LogP contribution in [0.1, 0.15) is 43.4 Å². The van der Waals surface area contributed by atoms with Gasteiger partial charge in [-0.1, -0.05) is 35.4 Å². The number of carboxylic acids is 1. The van der Waals surface area contributed by atoms with Gasteiger partial charge in [-0.15, -0.1) is 0 Å². The number of nitrogens with two attached hydrogens (primary N) is 1. The summed E-state index contributed by atoms with van der Waals surface area (Å²) in [6, 6.07) is 8.35. The molecule has 156 valence electrons. The molecule has 1 atom stereocenters. The predicted octanol–water partition coefficient (Wildman–Crippen LogP) is 2.11. The second-order valence-corrected chi connectivity index (χ2v) is 7.86. The summed E-state index contributed by atoms with van der Waals surface area (Å²) < 4.78 is 0. The molecular formula is C22H30N4O3. The zero-order chi connectivity index (χ0) is 21.0. The smallest absolute Gasteiger partial charge is 0.303 e. The third-order valence-corrected chi connectivity index (χ3v) is 5.47. The zero-order valence-corrected chi connectivity index (χ0v) is 17.1. The fraction of sp³-hybridized carbons (Fsp3) is 0.455. The number of piperazine rings is 1. The number of amides is 1. The first-order valence-corrected chi connectivity index (χ1v) is 10.1. The summed E-state index contributed by atoms with van der Waals surface area (Å²) in [6.07, 6.45) is 2.65. The number of aliphatic carboxylic acids is 1. The van der Waals surface area contributed by atoms with E-state index >= 15 is 0 Å². The summed E-state index contributed by atoms with van der Waals surface area (Å²) in [5, 5.41) is 12.2. The van der Waals surface area contributed by atoms with Crippen molar-refractivity contribution in [3.8, 4) is 0 Å². The number of aryl methyl sites for hydroxylation is 1. The van der Waals surface area contributed by atoms with Crippen molar-refractivity contribution in [2.75, 3.05) is 26.2 Å². The van der Waals surface area contributed by atoms with Crippen LogP contribution in [0.2, 0.25) is 0 Å². The van der Waals surface area contributed by atoms with Crippen LogP contribution in [0.25, 0.3) is 0 Å². The zero-order valence-electron chi connectivity index (χ0n) is 17.1. The summed E-state index contributed by atoms with van der Waals surface area (Å²) >= 11 is 0. The van der Waals surface area contributed by atoms with Gasteiger partial charge in [-0.2, -0.15) is 0 Å². The minimum Gasteiger partial charge on any atom is -0.481 e. The number of allylic oxidation sites excluding steroid dienone is 1. The van der Waals surface area contributed by atoms with Gasteiger partial charge >= 0.3 is 5.97 Å². The lowest BCUT2D eigenvalue weighted by Gasteiger charge is -2.45. The van der Waals surface area contributed by atoms with Crippen LogP contribution >= 0.6 is 0 Å². The van der Waals surface area contributed by atoms with Crippen LogP contribution in [-0.4, -0.2) is 53.0 Å². The lowest BCUT2D eigenvalue weighted by molar-refractivity contribution is -0.137. The monoisotopic (exact) mass is 398 g/mol. The fourth-order valence-electron chi connectivity index (χ4n) is 3.88. The van der Waals surface area contributed by atoms with Crippen molar-refractivity contribution in [3.63, 3.8) is 0 Å². The Bertz CT molecular complexity index is 829. The SMILES string of the molecule is CC1=CC(N)=C(N2CCN(C(=O)CCCC(=O)O)CC2c2ccc(C)cc2)NC1. The van der Waals surface area contributed by atoms with Gasteiger partial charge in [0.05, 0.1) is 11.7 Å². The number of benzene rings is 1. The first-order valence-electron chi connectivity index (χ1n) is 10.1. The highest BCUT2D eigenvalue weighted by molar-refractivity contribution is 5.77. The maximum Gasteiger partial charge on any atom is 0.303 e. The lowest BCUT2D eigenvalue weighted by atomic mass is 9.99. The Kier molecular flexibility index (Phi) is 6.46. The molecule has 0 saturated carbocycles. The maximum absolute atomic E-state index is 12.7. The predicted molar refractivity (Wildman–Crippen MR) is 112 cm³/mol. The largest absolute Gasteiger partial charge is 0.481 e. The van der Waals surface area contributed by atoms with E-state index in [2.05, 4.69) is 41.4 Å². The molecule has 0 radical (unpaired) electrons. The quantitative estimate of drug-likeness (QED) is 0.679. The molecule has 1 saturated heterocycles. The Morgan fingerprint density at radius 3 is 2.55 bits per heavy atom. The fourth-order valence-corrected chi connectivity index (χ4v) is 3.88. The Morgan fingerprint density at radius 2 is 1.90 bits per heavy atom. The topological polar surface area (TPSA) is 98.9 Å². The molecule has 1 amide bonds. The molecule has 1 aromatic carbocycles. The number of nitrogens with zero attached hydrogens (tertiary/aromatic N) is 2. The molecule has 7 heteroatoms. The van der Waals surface area contributed by atoms with E-state index in [4.69, 9.17) is 10.8 Å². The van der Waals surface area contributed by atoms with E-state index in [1.54, 1.807) is 0 Å². The van der Waals surface area contributed by atoms with Crippen LogP contribution in [0, 0.1) is 6.92 Å². The number of dihydropyridines is 1. The number of carboxylic acid groups (broad SMARTS) is 1. The molecule has 1 unspecified atom stereocenters. The Labute approximate surface area is 171 Å². The summed E-state index contributed by atoms with van der Waals surface area (Å²) in [6.45, 7) is 6.66. The highest BCUT2D eigenvalue weighted by Gasteiger charge is 2.33. The van der Waals surface area contributed by atoms with Crippen molar-refractivity contribution < 1.29 is 14.7 Å². The standard InChI is InChI=1S/C22H30N4O3/c1-15-6-8-17(9-7-15)19-14-25(20(27)4-3-5-21(28)29)10-11-26(19)22-18(23)12-16(2)13-24-22/h6-9,12,19,24H,3-5,10-11,13-14,23H2,1-2H3,(H,28,29). The Hall–Kier alpha value is -2.96. The number of hydrogen-bond acceptors (Lipinski definition) is 5. The number of carbonyl (C=O) groups is 2. The van der Waals surface area contributed by atoms with E-state index in [0.29, 0.717) is 31.8 Å². The van der Waals surface area contributed by atoms with Gasteiger partial charge in [0.15, 0.2) is 0 Å². The van der Waals surface area contributed by atoms with E-state index < -0.39 is 5.97 Å². The van der Waals surface area contributed by atoms with E-state index in [0.717, 1.165) is 17.9 Å². The first kappa shape index (κ1) is 20.8. The van der Waals surface area contributed by atoms with Gasteiger partial charge in [-0.3, -0.25) is 9.59 Å². The summed E-state index contributed by atoms with van der Waals surface area (Å²) in [7, 11) is 0. The van der Waals surface area contributed by atoms with Crippen molar-refractivity contribution in [2.45, 2.75) is 39.2 Å². The molecule has 3 rings (SSSR count). The van der Waals surface area contributed by atoms with Gasteiger partial charge in [-0.05, 0) is 31.9 Å². The molecule has 0 aromatic heterocycles. The minimum atomic E-state index is -0.866. The van der Waals surface area contributed by atoms with E-state index in [1.165, 1.54) is 11.1 Å². The highest BCUT2D eigenvalue weighted by Crippen LogP contribution is 2.30. The maximum atomic E-state index is 12.7. The Balaban J connectivity index is 1.81. The third kappa shape index (κ3) is 5.10. The van der Waals surface area contributed by atoms with E-state index in [9.17, 15) is 9.59 Å². The highest BCUT2D eigenvalue weighted by atomic mass is 16.4. The summed E-state index contributed by atoms with van der Waals surface area (Å²) in [5.74, 6) is 0.0609. The molecule has 2 aliphatic heterocycles. The van der Waals surface area contributed by atoms with Gasteiger partial charge in [-0.25, -0.2) is 0 Å². The summed E-state index contributed by atoms with van der Waals surface area (Å²) in [5.41, 5.74) is 10.5. The Morgan fingerprint density at radius 1 is 1.17 bits per heavy atom. The molecular weight excluding hydrogens is 368 g/mol. The molecule has 0 bridgehead atoms. The number of nitrogens with one attached hydrogen (secondary N) is 1. The molecule has 0 spiro atoms. The molecule has 2 heterocycles. The molecule has 1 aromatic rings. The normalized spacial score (nSPS) is 19.7. The molecule has 4 N–H and O–H groups in total. The van der Waals surface area contributed by atoms with Crippen molar-refractivity contribution in [1.82, 2.24) is 15.1 Å². The average molecular weight is 399 g/mol. The first-order chi connectivity index (χ1) is 13.8. The minimum absolute atomic E-state index is 0.0114. The third-order valence-electron chi connectivity index (χ3n) is 5.47. The van der Waals surface area contributed by atoms with E-state index in [1.807, 2.05) is 17.9 Å². The average Bonchev–Trinajstić information content (AvgIpc) is 2.68. The molecule has 0 aliphatic carbocycles. The van der Waals surface area contributed by atoms with Crippen molar-refractivity contribution in [2.24, 2.45) is 5.73 Å². The van der Waals surface area contributed by atoms with Crippen molar-refractivity contribution in [3.05, 3.63) is 58.6 Å². The second kappa shape index (κ2) is 9.03. The number of carbonyl (C=O) groups excluding carboxylic acids is 1. The molecule has 29 heavy (non-hydrogen) atoms. The van der Waals surface area contributed by atoms with Crippen LogP contribution in [0.4, 0.5) is 0 Å². The van der Waals surface area contributed by atoms with Gasteiger partial charge < -0.3 is 26.0 Å². The molecule has 2 aliphatic rings. The number of hydrogen-bond donors (Lipinski definition) is 3.